The lowest BCUT2D eigenvalue weighted by atomic mass is 10.1. The van der Waals surface area contributed by atoms with E-state index in [1.54, 1.807) is 7.11 Å². The molecule has 1 rings (SSSR count). The van der Waals surface area contributed by atoms with Gasteiger partial charge in [0.25, 0.3) is 0 Å². The van der Waals surface area contributed by atoms with Crippen LogP contribution in [0.1, 0.15) is 31.4 Å². The average molecular weight is 246 g/mol. The molecule has 0 amide bonds. The molecule has 18 heavy (non-hydrogen) atoms. The highest BCUT2D eigenvalue weighted by molar-refractivity contribution is 5.45. The van der Waals surface area contributed by atoms with Crippen molar-refractivity contribution in [3.05, 3.63) is 29.3 Å². The van der Waals surface area contributed by atoms with Crippen LogP contribution in [-0.4, -0.2) is 25.6 Å². The number of ether oxygens (including phenoxy) is 1. The maximum atomic E-state index is 9.05. The van der Waals surface area contributed by atoms with Crippen molar-refractivity contribution < 1.29 is 4.74 Å². The lowest BCUT2D eigenvalue weighted by Crippen LogP contribution is -2.23. The predicted octanol–water partition coefficient (Wildman–Crippen LogP) is 3.04. The average Bonchev–Trinajstić information content (AvgIpc) is 2.38. The fourth-order valence-electron chi connectivity index (χ4n) is 1.98. The van der Waals surface area contributed by atoms with E-state index in [-0.39, 0.29) is 0 Å². The standard InChI is InChI=1S/C15H22N2O/c1-5-12(2)10-17(3)11-13-6-7-15(18-4)14(8-13)9-16/h6-8,12H,5,10-11H2,1-4H3. The van der Waals surface area contributed by atoms with E-state index in [2.05, 4.69) is 31.9 Å². The fourth-order valence-corrected chi connectivity index (χ4v) is 1.98. The lowest BCUT2D eigenvalue weighted by molar-refractivity contribution is 0.275. The Labute approximate surface area is 110 Å². The zero-order valence-electron chi connectivity index (χ0n) is 11.7. The van der Waals surface area contributed by atoms with Gasteiger partial charge in [-0.1, -0.05) is 26.3 Å². The second-order valence-corrected chi connectivity index (χ2v) is 4.86. The summed E-state index contributed by atoms with van der Waals surface area (Å²) in [7, 11) is 3.70. The molecule has 0 bridgehead atoms. The van der Waals surface area contributed by atoms with Crippen LogP contribution in [0.15, 0.2) is 18.2 Å². The quantitative estimate of drug-likeness (QED) is 0.774. The fraction of sp³-hybridized carbons (Fsp3) is 0.533. The molecule has 0 saturated heterocycles. The summed E-state index contributed by atoms with van der Waals surface area (Å²) in [6.07, 6.45) is 1.19. The molecule has 0 aliphatic carbocycles. The van der Waals surface area contributed by atoms with Gasteiger partial charge in [-0.2, -0.15) is 5.26 Å². The summed E-state index contributed by atoms with van der Waals surface area (Å²) < 4.78 is 5.14. The molecule has 1 unspecified atom stereocenters. The van der Waals surface area contributed by atoms with Gasteiger partial charge in [-0.05, 0) is 30.7 Å². The molecule has 0 fully saturated rings. The number of nitriles is 1. The van der Waals surface area contributed by atoms with Crippen molar-refractivity contribution in [2.45, 2.75) is 26.8 Å². The number of methoxy groups -OCH3 is 1. The van der Waals surface area contributed by atoms with Crippen molar-refractivity contribution in [3.63, 3.8) is 0 Å². The van der Waals surface area contributed by atoms with Crippen molar-refractivity contribution in [1.82, 2.24) is 4.90 Å². The molecule has 0 saturated carbocycles. The third-order valence-corrected chi connectivity index (χ3v) is 3.16. The summed E-state index contributed by atoms with van der Waals surface area (Å²) in [5.41, 5.74) is 1.75. The normalized spacial score (nSPS) is 12.2. The van der Waals surface area contributed by atoms with E-state index in [0.29, 0.717) is 17.2 Å². The SMILES string of the molecule is CCC(C)CN(C)Cc1ccc(OC)c(C#N)c1. The largest absolute Gasteiger partial charge is 0.495 e. The number of hydrogen-bond acceptors (Lipinski definition) is 3. The van der Waals surface area contributed by atoms with E-state index < -0.39 is 0 Å². The van der Waals surface area contributed by atoms with Gasteiger partial charge >= 0.3 is 0 Å². The molecule has 0 heterocycles. The molecule has 0 aromatic heterocycles. The van der Waals surface area contributed by atoms with Gasteiger partial charge < -0.3 is 9.64 Å². The molecule has 1 aromatic carbocycles. The Morgan fingerprint density at radius 1 is 1.44 bits per heavy atom. The Kier molecular flexibility index (Phi) is 5.67. The number of hydrogen-bond donors (Lipinski definition) is 0. The maximum absolute atomic E-state index is 9.05. The third kappa shape index (κ3) is 4.05. The van der Waals surface area contributed by atoms with Gasteiger partial charge in [0.05, 0.1) is 12.7 Å². The maximum Gasteiger partial charge on any atom is 0.136 e. The van der Waals surface area contributed by atoms with E-state index in [9.17, 15) is 0 Å². The topological polar surface area (TPSA) is 36.3 Å². The van der Waals surface area contributed by atoms with Crippen molar-refractivity contribution in [2.75, 3.05) is 20.7 Å². The van der Waals surface area contributed by atoms with Crippen molar-refractivity contribution in [3.8, 4) is 11.8 Å². The first kappa shape index (κ1) is 14.5. The van der Waals surface area contributed by atoms with Gasteiger partial charge in [0.2, 0.25) is 0 Å². The van der Waals surface area contributed by atoms with Crippen LogP contribution < -0.4 is 4.74 Å². The molecule has 0 spiro atoms. The highest BCUT2D eigenvalue weighted by Crippen LogP contribution is 2.19. The van der Waals surface area contributed by atoms with E-state index >= 15 is 0 Å². The first-order chi connectivity index (χ1) is 8.60. The van der Waals surface area contributed by atoms with Gasteiger partial charge in [0, 0.05) is 13.1 Å². The summed E-state index contributed by atoms with van der Waals surface area (Å²) in [5.74, 6) is 1.34. The summed E-state index contributed by atoms with van der Waals surface area (Å²) in [6, 6.07) is 7.96. The van der Waals surface area contributed by atoms with Crippen LogP contribution in [0.5, 0.6) is 5.75 Å². The van der Waals surface area contributed by atoms with Crippen LogP contribution >= 0.6 is 0 Å². The van der Waals surface area contributed by atoms with Gasteiger partial charge in [0.15, 0.2) is 0 Å². The van der Waals surface area contributed by atoms with Gasteiger partial charge in [0.1, 0.15) is 11.8 Å². The predicted molar refractivity (Wildman–Crippen MR) is 73.5 cm³/mol. The Morgan fingerprint density at radius 2 is 2.17 bits per heavy atom. The van der Waals surface area contributed by atoms with Crippen LogP contribution in [0.3, 0.4) is 0 Å². The number of nitrogens with zero attached hydrogens (tertiary/aromatic N) is 2. The Morgan fingerprint density at radius 3 is 2.72 bits per heavy atom. The third-order valence-electron chi connectivity index (χ3n) is 3.16. The Bertz CT molecular complexity index is 423. The van der Waals surface area contributed by atoms with Gasteiger partial charge in [-0.15, -0.1) is 0 Å². The summed E-state index contributed by atoms with van der Waals surface area (Å²) in [6.45, 7) is 6.40. The zero-order chi connectivity index (χ0) is 13.5. The molecule has 3 heteroatoms. The van der Waals surface area contributed by atoms with Crippen LogP contribution in [0.4, 0.5) is 0 Å². The second-order valence-electron chi connectivity index (χ2n) is 4.86. The summed E-state index contributed by atoms with van der Waals surface area (Å²) in [5, 5.41) is 9.05. The molecular formula is C15H22N2O. The van der Waals surface area contributed by atoms with Crippen molar-refractivity contribution >= 4 is 0 Å². The monoisotopic (exact) mass is 246 g/mol. The smallest absolute Gasteiger partial charge is 0.136 e. The first-order valence-electron chi connectivity index (χ1n) is 6.36. The first-order valence-corrected chi connectivity index (χ1v) is 6.36. The van der Waals surface area contributed by atoms with E-state index in [1.807, 2.05) is 18.2 Å². The Hall–Kier alpha value is -1.53. The van der Waals surface area contributed by atoms with Crippen LogP contribution in [-0.2, 0) is 6.54 Å². The second kappa shape index (κ2) is 7.03. The van der Waals surface area contributed by atoms with E-state index in [4.69, 9.17) is 10.00 Å². The molecule has 0 aliphatic heterocycles. The molecule has 0 aliphatic rings. The van der Waals surface area contributed by atoms with Gasteiger partial charge in [-0.3, -0.25) is 0 Å². The minimum Gasteiger partial charge on any atom is -0.495 e. The molecule has 1 aromatic rings. The summed E-state index contributed by atoms with van der Waals surface area (Å²) in [4.78, 5) is 2.29. The molecule has 0 N–H and O–H groups in total. The highest BCUT2D eigenvalue weighted by Gasteiger charge is 2.08. The molecule has 98 valence electrons. The van der Waals surface area contributed by atoms with Crippen LogP contribution in [0, 0.1) is 17.2 Å². The van der Waals surface area contributed by atoms with Crippen molar-refractivity contribution in [2.24, 2.45) is 5.92 Å². The number of benzene rings is 1. The zero-order valence-corrected chi connectivity index (χ0v) is 11.7. The van der Waals surface area contributed by atoms with E-state index in [0.717, 1.165) is 18.7 Å². The summed E-state index contributed by atoms with van der Waals surface area (Å²) >= 11 is 0. The highest BCUT2D eigenvalue weighted by atomic mass is 16.5. The van der Waals surface area contributed by atoms with Crippen molar-refractivity contribution in [1.29, 1.82) is 5.26 Å². The minimum atomic E-state index is 0.604. The molecule has 3 nitrogen and oxygen atoms in total. The molecule has 0 radical (unpaired) electrons. The van der Waals surface area contributed by atoms with Crippen LogP contribution in [0.25, 0.3) is 0 Å². The molecular weight excluding hydrogens is 224 g/mol. The van der Waals surface area contributed by atoms with Gasteiger partial charge in [-0.25, -0.2) is 0 Å². The number of rotatable bonds is 6. The lowest BCUT2D eigenvalue weighted by Gasteiger charge is -2.20. The molecule has 1 atom stereocenters. The van der Waals surface area contributed by atoms with Crippen LogP contribution in [0.2, 0.25) is 0 Å². The van der Waals surface area contributed by atoms with E-state index in [1.165, 1.54) is 6.42 Å². The minimum absolute atomic E-state index is 0.604. The Balaban J connectivity index is 2.71.